The van der Waals surface area contributed by atoms with E-state index >= 15 is 0 Å². The molecule has 0 fully saturated rings. The first-order valence-corrected chi connectivity index (χ1v) is 14.3. The summed E-state index contributed by atoms with van der Waals surface area (Å²) in [6.45, 7) is 0. The standard InChI is InChI=1S/C40H25NO/c1-2-9-29-23-37-36(22-28(29)8-1)35-16-7-15-32(40(35)41-37)31-13-6-12-27(21-31)25-10-5-11-26(20-25)30-18-19-34-33-14-3-4-17-38(33)42-39(34)24-30/h1-24,41H. The maximum atomic E-state index is 6.17. The van der Waals surface area contributed by atoms with E-state index in [0.29, 0.717) is 0 Å². The number of aromatic amines is 1. The molecule has 42 heavy (non-hydrogen) atoms. The molecule has 0 atom stereocenters. The highest BCUT2D eigenvalue weighted by Crippen LogP contribution is 2.37. The molecule has 2 nitrogen and oxygen atoms in total. The molecule has 0 unspecified atom stereocenters. The zero-order valence-corrected chi connectivity index (χ0v) is 22.8. The van der Waals surface area contributed by atoms with Crippen LogP contribution in [0.25, 0.3) is 87.9 Å². The van der Waals surface area contributed by atoms with Crippen molar-refractivity contribution in [3.05, 3.63) is 146 Å². The molecule has 2 aromatic heterocycles. The van der Waals surface area contributed by atoms with E-state index in [1.54, 1.807) is 0 Å². The summed E-state index contributed by atoms with van der Waals surface area (Å²) in [6, 6.07) is 52.1. The van der Waals surface area contributed by atoms with Crippen molar-refractivity contribution < 1.29 is 4.42 Å². The van der Waals surface area contributed by atoms with Crippen LogP contribution < -0.4 is 0 Å². The zero-order valence-electron chi connectivity index (χ0n) is 22.8. The Bertz CT molecular complexity index is 2470. The fraction of sp³-hybridized carbons (Fsp3) is 0. The maximum absolute atomic E-state index is 6.17. The molecule has 0 bridgehead atoms. The number of hydrogen-bond donors (Lipinski definition) is 1. The molecular weight excluding hydrogens is 510 g/mol. The molecule has 2 heterocycles. The molecular formula is C40H25NO. The van der Waals surface area contributed by atoms with E-state index in [9.17, 15) is 0 Å². The highest BCUT2D eigenvalue weighted by molar-refractivity contribution is 6.15. The first kappa shape index (κ1) is 23.1. The van der Waals surface area contributed by atoms with Gasteiger partial charge >= 0.3 is 0 Å². The average molecular weight is 536 g/mol. The number of hydrogen-bond acceptors (Lipinski definition) is 1. The highest BCUT2D eigenvalue weighted by atomic mass is 16.3. The molecule has 0 spiro atoms. The van der Waals surface area contributed by atoms with E-state index < -0.39 is 0 Å². The highest BCUT2D eigenvalue weighted by Gasteiger charge is 2.13. The predicted molar refractivity (Wildman–Crippen MR) is 177 cm³/mol. The molecule has 0 aliphatic carbocycles. The Hall–Kier alpha value is -5.60. The van der Waals surface area contributed by atoms with Gasteiger partial charge in [0.2, 0.25) is 0 Å². The van der Waals surface area contributed by atoms with Crippen LogP contribution in [-0.4, -0.2) is 4.98 Å². The molecule has 196 valence electrons. The molecule has 0 amide bonds. The summed E-state index contributed by atoms with van der Waals surface area (Å²) < 4.78 is 6.17. The minimum Gasteiger partial charge on any atom is -0.456 e. The van der Waals surface area contributed by atoms with Gasteiger partial charge in [-0.15, -0.1) is 0 Å². The van der Waals surface area contributed by atoms with E-state index in [1.807, 2.05) is 12.1 Å². The van der Waals surface area contributed by atoms with Crippen molar-refractivity contribution >= 4 is 54.5 Å². The van der Waals surface area contributed by atoms with Crippen molar-refractivity contribution in [1.82, 2.24) is 4.98 Å². The van der Waals surface area contributed by atoms with Gasteiger partial charge in [-0.05, 0) is 81.1 Å². The number of aromatic nitrogens is 1. The fourth-order valence-electron chi connectivity index (χ4n) is 6.50. The van der Waals surface area contributed by atoms with Crippen LogP contribution in [-0.2, 0) is 0 Å². The van der Waals surface area contributed by atoms with Crippen LogP contribution >= 0.6 is 0 Å². The minimum atomic E-state index is 0.917. The van der Waals surface area contributed by atoms with Gasteiger partial charge in [-0.25, -0.2) is 0 Å². The Morgan fingerprint density at radius 1 is 0.381 bits per heavy atom. The second kappa shape index (κ2) is 8.95. The normalized spacial score (nSPS) is 11.8. The van der Waals surface area contributed by atoms with Crippen LogP contribution in [0.2, 0.25) is 0 Å². The predicted octanol–water partition coefficient (Wildman–Crippen LogP) is 11.4. The van der Waals surface area contributed by atoms with E-state index in [1.165, 1.54) is 60.4 Å². The van der Waals surface area contributed by atoms with Crippen LogP contribution in [0, 0.1) is 0 Å². The van der Waals surface area contributed by atoms with Crippen molar-refractivity contribution in [1.29, 1.82) is 0 Å². The summed E-state index contributed by atoms with van der Waals surface area (Å²) >= 11 is 0. The lowest BCUT2D eigenvalue weighted by Crippen LogP contribution is -1.84. The van der Waals surface area contributed by atoms with Gasteiger partial charge in [0.05, 0.1) is 5.52 Å². The number of H-pyrrole nitrogens is 1. The summed E-state index contributed by atoms with van der Waals surface area (Å²) in [5.41, 5.74) is 11.3. The lowest BCUT2D eigenvalue weighted by atomic mass is 9.95. The van der Waals surface area contributed by atoms with Crippen LogP contribution in [0.1, 0.15) is 0 Å². The van der Waals surface area contributed by atoms with Crippen LogP contribution in [0.5, 0.6) is 0 Å². The second-order valence-electron chi connectivity index (χ2n) is 11.1. The van der Waals surface area contributed by atoms with Gasteiger partial charge in [0, 0.05) is 32.6 Å². The summed E-state index contributed by atoms with van der Waals surface area (Å²) in [4.78, 5) is 3.74. The SMILES string of the molecule is c1cc(-c2cccc(-c3cccc4c3[nH]c3cc5ccccc5cc34)c2)cc(-c2ccc3c(c2)oc2ccccc23)c1. The summed E-state index contributed by atoms with van der Waals surface area (Å²) in [6.07, 6.45) is 0. The Balaban J connectivity index is 1.13. The maximum Gasteiger partial charge on any atom is 0.136 e. The first-order chi connectivity index (χ1) is 20.8. The monoisotopic (exact) mass is 535 g/mol. The van der Waals surface area contributed by atoms with Crippen molar-refractivity contribution in [2.45, 2.75) is 0 Å². The molecule has 0 aliphatic heterocycles. The summed E-state index contributed by atoms with van der Waals surface area (Å²) in [5, 5.41) is 7.33. The average Bonchev–Trinajstić information content (AvgIpc) is 3.61. The summed E-state index contributed by atoms with van der Waals surface area (Å²) in [5.74, 6) is 0. The molecule has 9 aromatic rings. The zero-order chi connectivity index (χ0) is 27.6. The van der Waals surface area contributed by atoms with Crippen molar-refractivity contribution in [3.63, 3.8) is 0 Å². The van der Waals surface area contributed by atoms with E-state index in [2.05, 4.69) is 138 Å². The lowest BCUT2D eigenvalue weighted by molar-refractivity contribution is 0.669. The molecule has 0 saturated heterocycles. The van der Waals surface area contributed by atoms with Gasteiger partial charge in [-0.1, -0.05) is 103 Å². The van der Waals surface area contributed by atoms with Gasteiger partial charge in [0.15, 0.2) is 0 Å². The number of benzene rings is 7. The third-order valence-electron chi connectivity index (χ3n) is 8.58. The van der Waals surface area contributed by atoms with Crippen LogP contribution in [0.15, 0.2) is 150 Å². The van der Waals surface area contributed by atoms with Crippen LogP contribution in [0.3, 0.4) is 0 Å². The molecule has 9 rings (SSSR count). The van der Waals surface area contributed by atoms with Crippen molar-refractivity contribution in [3.8, 4) is 33.4 Å². The molecule has 7 aromatic carbocycles. The second-order valence-corrected chi connectivity index (χ2v) is 11.1. The topological polar surface area (TPSA) is 28.9 Å². The number of para-hydroxylation sites is 2. The van der Waals surface area contributed by atoms with E-state index in [0.717, 1.165) is 27.5 Å². The Labute approximate surface area is 242 Å². The van der Waals surface area contributed by atoms with Crippen molar-refractivity contribution in [2.75, 3.05) is 0 Å². The third kappa shape index (κ3) is 3.59. The minimum absolute atomic E-state index is 0.917. The van der Waals surface area contributed by atoms with Gasteiger partial charge < -0.3 is 9.40 Å². The van der Waals surface area contributed by atoms with Crippen LogP contribution in [0.4, 0.5) is 0 Å². The smallest absolute Gasteiger partial charge is 0.136 e. The quantitative estimate of drug-likeness (QED) is 0.239. The Morgan fingerprint density at radius 2 is 1.00 bits per heavy atom. The largest absolute Gasteiger partial charge is 0.456 e. The number of fused-ring (bicyclic) bond motifs is 7. The summed E-state index contributed by atoms with van der Waals surface area (Å²) in [7, 11) is 0. The Kier molecular flexibility index (Phi) is 4.93. The van der Waals surface area contributed by atoms with E-state index in [-0.39, 0.29) is 0 Å². The first-order valence-electron chi connectivity index (χ1n) is 14.3. The lowest BCUT2D eigenvalue weighted by Gasteiger charge is -2.09. The van der Waals surface area contributed by atoms with E-state index in [4.69, 9.17) is 4.42 Å². The molecule has 1 N–H and O–H groups in total. The van der Waals surface area contributed by atoms with Gasteiger partial charge in [-0.2, -0.15) is 0 Å². The third-order valence-corrected chi connectivity index (χ3v) is 8.58. The van der Waals surface area contributed by atoms with Gasteiger partial charge in [0.1, 0.15) is 11.2 Å². The van der Waals surface area contributed by atoms with Crippen molar-refractivity contribution in [2.24, 2.45) is 0 Å². The molecule has 0 aliphatic rings. The molecule has 0 radical (unpaired) electrons. The molecule has 0 saturated carbocycles. The fourth-order valence-corrected chi connectivity index (χ4v) is 6.50. The number of rotatable bonds is 3. The molecule has 2 heteroatoms. The van der Waals surface area contributed by atoms with Gasteiger partial charge in [0.25, 0.3) is 0 Å². The number of furan rings is 1. The Morgan fingerprint density at radius 3 is 1.83 bits per heavy atom. The number of nitrogens with one attached hydrogen (secondary N) is 1. The van der Waals surface area contributed by atoms with Gasteiger partial charge in [-0.3, -0.25) is 0 Å².